The standard InChI is InChI=1S/C22H26N2O4/c1-27-19-8-7-16(13-20(19)28-2)9-11-23-21(25)14-22(26)24-12-10-17-5-3-4-6-18(17)15-24/h3-8,13H,9-12,14-15H2,1-2H3,(H,23,25). The molecule has 1 N–H and O–H groups in total. The normalized spacial score (nSPS) is 12.9. The molecule has 6 nitrogen and oxygen atoms in total. The molecule has 1 aliphatic rings. The zero-order valence-electron chi connectivity index (χ0n) is 16.4. The van der Waals surface area contributed by atoms with Crippen molar-refractivity contribution in [2.45, 2.75) is 25.8 Å². The molecule has 0 saturated heterocycles. The molecule has 0 unspecified atom stereocenters. The van der Waals surface area contributed by atoms with E-state index in [4.69, 9.17) is 9.47 Å². The summed E-state index contributed by atoms with van der Waals surface area (Å²) in [6.45, 7) is 1.70. The van der Waals surface area contributed by atoms with E-state index in [1.54, 1.807) is 19.1 Å². The number of nitrogens with one attached hydrogen (secondary N) is 1. The van der Waals surface area contributed by atoms with Crippen molar-refractivity contribution in [2.24, 2.45) is 0 Å². The third-order valence-electron chi connectivity index (χ3n) is 4.98. The second-order valence-electron chi connectivity index (χ2n) is 6.80. The van der Waals surface area contributed by atoms with Gasteiger partial charge >= 0.3 is 0 Å². The maximum atomic E-state index is 12.4. The molecule has 28 heavy (non-hydrogen) atoms. The number of benzene rings is 2. The number of hydrogen-bond acceptors (Lipinski definition) is 4. The average molecular weight is 382 g/mol. The van der Waals surface area contributed by atoms with Gasteiger partial charge in [-0.05, 0) is 41.7 Å². The Bertz CT molecular complexity index is 850. The van der Waals surface area contributed by atoms with Gasteiger partial charge in [-0.3, -0.25) is 9.59 Å². The van der Waals surface area contributed by atoms with Crippen molar-refractivity contribution in [1.82, 2.24) is 10.2 Å². The molecule has 3 rings (SSSR count). The third-order valence-corrected chi connectivity index (χ3v) is 4.98. The maximum absolute atomic E-state index is 12.4. The third kappa shape index (κ3) is 4.82. The maximum Gasteiger partial charge on any atom is 0.232 e. The van der Waals surface area contributed by atoms with Gasteiger partial charge in [-0.15, -0.1) is 0 Å². The molecule has 1 heterocycles. The van der Waals surface area contributed by atoms with Gasteiger partial charge in [0.2, 0.25) is 11.8 Å². The number of carbonyl (C=O) groups is 2. The van der Waals surface area contributed by atoms with Gasteiger partial charge in [0, 0.05) is 19.6 Å². The zero-order valence-corrected chi connectivity index (χ0v) is 16.4. The molecule has 0 bridgehead atoms. The second kappa shape index (κ2) is 9.26. The van der Waals surface area contributed by atoms with E-state index in [0.29, 0.717) is 37.6 Å². The number of hydrogen-bond donors (Lipinski definition) is 1. The van der Waals surface area contributed by atoms with Gasteiger partial charge in [0.25, 0.3) is 0 Å². The topological polar surface area (TPSA) is 67.9 Å². The Morgan fingerprint density at radius 3 is 2.54 bits per heavy atom. The summed E-state index contributed by atoms with van der Waals surface area (Å²) in [6.07, 6.45) is 1.37. The SMILES string of the molecule is COc1ccc(CCNC(=O)CC(=O)N2CCc3ccccc3C2)cc1OC. The van der Waals surface area contributed by atoms with Gasteiger partial charge < -0.3 is 19.7 Å². The second-order valence-corrected chi connectivity index (χ2v) is 6.80. The first kappa shape index (κ1) is 19.7. The summed E-state index contributed by atoms with van der Waals surface area (Å²) in [6, 6.07) is 13.8. The van der Waals surface area contributed by atoms with Gasteiger partial charge in [0.15, 0.2) is 11.5 Å². The minimum Gasteiger partial charge on any atom is -0.493 e. The van der Waals surface area contributed by atoms with Crippen LogP contribution in [0.2, 0.25) is 0 Å². The number of methoxy groups -OCH3 is 2. The van der Waals surface area contributed by atoms with Crippen molar-refractivity contribution in [3.8, 4) is 11.5 Å². The number of carbonyl (C=O) groups excluding carboxylic acids is 2. The van der Waals surface area contributed by atoms with Gasteiger partial charge in [0.1, 0.15) is 6.42 Å². The first-order valence-electron chi connectivity index (χ1n) is 9.43. The van der Waals surface area contributed by atoms with Crippen molar-refractivity contribution in [3.63, 3.8) is 0 Å². The van der Waals surface area contributed by atoms with Crippen molar-refractivity contribution in [3.05, 3.63) is 59.2 Å². The molecule has 0 radical (unpaired) electrons. The highest BCUT2D eigenvalue weighted by molar-refractivity contribution is 5.96. The van der Waals surface area contributed by atoms with Crippen LogP contribution >= 0.6 is 0 Å². The summed E-state index contributed by atoms with van der Waals surface area (Å²) in [5, 5.41) is 2.83. The molecule has 0 saturated carbocycles. The Morgan fingerprint density at radius 1 is 1.04 bits per heavy atom. The highest BCUT2D eigenvalue weighted by Crippen LogP contribution is 2.27. The minimum absolute atomic E-state index is 0.117. The van der Waals surface area contributed by atoms with Gasteiger partial charge in [-0.2, -0.15) is 0 Å². The molecule has 0 fully saturated rings. The van der Waals surface area contributed by atoms with Crippen molar-refractivity contribution in [1.29, 1.82) is 0 Å². The number of nitrogens with zero attached hydrogens (tertiary/aromatic N) is 1. The van der Waals surface area contributed by atoms with Crippen LogP contribution < -0.4 is 14.8 Å². The van der Waals surface area contributed by atoms with Gasteiger partial charge in [0.05, 0.1) is 14.2 Å². The molecule has 0 aromatic heterocycles. The Morgan fingerprint density at radius 2 is 1.79 bits per heavy atom. The Kier molecular flexibility index (Phi) is 6.53. The monoisotopic (exact) mass is 382 g/mol. The summed E-state index contributed by atoms with van der Waals surface area (Å²) in [5.74, 6) is 0.957. The fourth-order valence-electron chi connectivity index (χ4n) is 3.40. The number of fused-ring (bicyclic) bond motifs is 1. The smallest absolute Gasteiger partial charge is 0.232 e. The van der Waals surface area contributed by atoms with Crippen molar-refractivity contribution >= 4 is 11.8 Å². The molecule has 148 valence electrons. The van der Waals surface area contributed by atoms with Crippen LogP contribution in [0.5, 0.6) is 11.5 Å². The van der Waals surface area contributed by atoms with E-state index in [1.807, 2.05) is 36.4 Å². The largest absolute Gasteiger partial charge is 0.493 e. The highest BCUT2D eigenvalue weighted by Gasteiger charge is 2.22. The van der Waals surface area contributed by atoms with Crippen molar-refractivity contribution in [2.75, 3.05) is 27.3 Å². The Hall–Kier alpha value is -3.02. The lowest BCUT2D eigenvalue weighted by molar-refractivity contribution is -0.136. The van der Waals surface area contributed by atoms with Crippen LogP contribution in [0.15, 0.2) is 42.5 Å². The molecule has 2 amide bonds. The summed E-state index contributed by atoms with van der Waals surface area (Å²) < 4.78 is 10.5. The highest BCUT2D eigenvalue weighted by atomic mass is 16.5. The van der Waals surface area contributed by atoms with Crippen LogP contribution in [0.3, 0.4) is 0 Å². The van der Waals surface area contributed by atoms with Crippen LogP contribution in [0.4, 0.5) is 0 Å². The van der Waals surface area contributed by atoms with Gasteiger partial charge in [-0.25, -0.2) is 0 Å². The fourth-order valence-corrected chi connectivity index (χ4v) is 3.40. The van der Waals surface area contributed by atoms with Crippen LogP contribution in [-0.2, 0) is 29.0 Å². The summed E-state index contributed by atoms with van der Waals surface area (Å²) in [4.78, 5) is 26.4. The molecular formula is C22H26N2O4. The van der Waals surface area contributed by atoms with E-state index in [9.17, 15) is 9.59 Å². The van der Waals surface area contributed by atoms with Gasteiger partial charge in [-0.1, -0.05) is 30.3 Å². The molecule has 0 spiro atoms. The lowest BCUT2D eigenvalue weighted by Gasteiger charge is -2.28. The predicted octanol–water partition coefficient (Wildman–Crippen LogP) is 2.34. The van der Waals surface area contributed by atoms with Crippen LogP contribution in [0.25, 0.3) is 0 Å². The van der Waals surface area contributed by atoms with E-state index >= 15 is 0 Å². The van der Waals surface area contributed by atoms with Crippen molar-refractivity contribution < 1.29 is 19.1 Å². The molecule has 0 aliphatic carbocycles. The number of rotatable bonds is 7. The Balaban J connectivity index is 1.45. The molecule has 1 aliphatic heterocycles. The van der Waals surface area contributed by atoms with E-state index in [-0.39, 0.29) is 18.2 Å². The Labute approximate surface area is 165 Å². The van der Waals surface area contributed by atoms with E-state index in [2.05, 4.69) is 11.4 Å². The first-order valence-corrected chi connectivity index (χ1v) is 9.43. The lowest BCUT2D eigenvalue weighted by Crippen LogP contribution is -2.39. The fraction of sp³-hybridized carbons (Fsp3) is 0.364. The molecule has 2 aromatic carbocycles. The molecule has 6 heteroatoms. The van der Waals surface area contributed by atoms with E-state index in [1.165, 1.54) is 5.56 Å². The zero-order chi connectivity index (χ0) is 19.9. The summed E-state index contributed by atoms with van der Waals surface area (Å²) >= 11 is 0. The van der Waals surface area contributed by atoms with Crippen LogP contribution in [0.1, 0.15) is 23.1 Å². The van der Waals surface area contributed by atoms with E-state index in [0.717, 1.165) is 17.5 Å². The lowest BCUT2D eigenvalue weighted by atomic mass is 10.00. The van der Waals surface area contributed by atoms with E-state index < -0.39 is 0 Å². The first-order chi connectivity index (χ1) is 13.6. The number of ether oxygens (including phenoxy) is 2. The summed E-state index contributed by atoms with van der Waals surface area (Å²) in [5.41, 5.74) is 3.47. The predicted molar refractivity (Wildman–Crippen MR) is 106 cm³/mol. The molecule has 0 atom stereocenters. The van der Waals surface area contributed by atoms with Crippen LogP contribution in [-0.4, -0.2) is 44.0 Å². The molecule has 2 aromatic rings. The molecular weight excluding hydrogens is 356 g/mol. The summed E-state index contributed by atoms with van der Waals surface area (Å²) in [7, 11) is 3.18. The van der Waals surface area contributed by atoms with Crippen LogP contribution in [0, 0.1) is 0 Å². The number of amides is 2. The minimum atomic E-state index is -0.246. The average Bonchev–Trinajstić information content (AvgIpc) is 2.73. The quantitative estimate of drug-likeness (QED) is 0.747.